The number of anilines is 2. The van der Waals surface area contributed by atoms with Crippen molar-refractivity contribution in [1.29, 1.82) is 0 Å². The van der Waals surface area contributed by atoms with Crippen LogP contribution in [0.3, 0.4) is 0 Å². The molecule has 3 aromatic rings. The Kier molecular flexibility index (Phi) is 5.97. The minimum absolute atomic E-state index is 0.0869. The summed E-state index contributed by atoms with van der Waals surface area (Å²) in [6, 6.07) is 9.01. The van der Waals surface area contributed by atoms with Crippen LogP contribution in [-0.2, 0) is 21.2 Å². The first-order valence-electron chi connectivity index (χ1n) is 7.96. The lowest BCUT2D eigenvalue weighted by Gasteiger charge is -2.08. The van der Waals surface area contributed by atoms with E-state index in [1.165, 1.54) is 23.5 Å². The summed E-state index contributed by atoms with van der Waals surface area (Å²) in [5, 5.41) is 5.54. The summed E-state index contributed by atoms with van der Waals surface area (Å²) < 4.78 is 38.9. The second-order valence-corrected chi connectivity index (χ2v) is 9.02. The molecule has 0 fully saturated rings. The van der Waals surface area contributed by atoms with Crippen LogP contribution in [0.4, 0.5) is 15.1 Å². The van der Waals surface area contributed by atoms with Gasteiger partial charge in [0.25, 0.3) is 0 Å². The lowest BCUT2D eigenvalue weighted by atomic mass is 10.1. The number of rotatable bonds is 6. The molecule has 0 atom stereocenters. The van der Waals surface area contributed by atoms with Gasteiger partial charge < -0.3 is 5.32 Å². The van der Waals surface area contributed by atoms with E-state index in [0.29, 0.717) is 10.2 Å². The molecule has 2 aromatic heterocycles. The third kappa shape index (κ3) is 5.51. The molecule has 0 saturated heterocycles. The maximum atomic E-state index is 14.0. The highest BCUT2D eigenvalue weighted by atomic mass is 35.5. The number of thiophene rings is 1. The fraction of sp³-hybridized carbons (Fsp3) is 0.111. The zero-order chi connectivity index (χ0) is 20.3. The monoisotopic (exact) mass is 439 g/mol. The van der Waals surface area contributed by atoms with Gasteiger partial charge in [-0.3, -0.25) is 9.52 Å². The van der Waals surface area contributed by atoms with E-state index in [9.17, 15) is 17.6 Å². The van der Waals surface area contributed by atoms with Crippen LogP contribution in [0.15, 0.2) is 48.0 Å². The van der Waals surface area contributed by atoms with Crippen LogP contribution in [0.1, 0.15) is 5.56 Å². The van der Waals surface area contributed by atoms with Crippen LogP contribution in [0, 0.1) is 5.82 Å². The fourth-order valence-electron chi connectivity index (χ4n) is 2.48. The van der Waals surface area contributed by atoms with E-state index in [2.05, 4.69) is 15.0 Å². The van der Waals surface area contributed by atoms with Gasteiger partial charge in [0.2, 0.25) is 15.9 Å². The minimum Gasteiger partial charge on any atom is -0.317 e. The predicted molar refractivity (Wildman–Crippen MR) is 110 cm³/mol. The number of hydrogen-bond acceptors (Lipinski definition) is 5. The number of sulfonamides is 1. The summed E-state index contributed by atoms with van der Waals surface area (Å²) >= 11 is 7.21. The molecule has 146 valence electrons. The van der Waals surface area contributed by atoms with Crippen molar-refractivity contribution < 1.29 is 17.6 Å². The number of halogens is 2. The first kappa shape index (κ1) is 20.2. The van der Waals surface area contributed by atoms with Gasteiger partial charge >= 0.3 is 0 Å². The normalized spacial score (nSPS) is 11.2. The Morgan fingerprint density at radius 1 is 1.21 bits per heavy atom. The van der Waals surface area contributed by atoms with Crippen LogP contribution in [0.5, 0.6) is 0 Å². The van der Waals surface area contributed by atoms with Crippen molar-refractivity contribution in [2.75, 3.05) is 16.3 Å². The van der Waals surface area contributed by atoms with Gasteiger partial charge in [0.1, 0.15) is 11.0 Å². The second-order valence-electron chi connectivity index (χ2n) is 5.97. The molecule has 2 heterocycles. The van der Waals surface area contributed by atoms with E-state index in [1.54, 1.807) is 24.4 Å². The number of pyridine rings is 1. The van der Waals surface area contributed by atoms with E-state index < -0.39 is 21.7 Å². The minimum atomic E-state index is -3.50. The fourth-order valence-corrected chi connectivity index (χ4v) is 4.03. The number of benzene rings is 1. The lowest BCUT2D eigenvalue weighted by Crippen LogP contribution is -2.15. The van der Waals surface area contributed by atoms with Crippen molar-refractivity contribution in [2.24, 2.45) is 0 Å². The number of nitrogens with one attached hydrogen (secondary N) is 2. The van der Waals surface area contributed by atoms with Gasteiger partial charge in [-0.25, -0.2) is 17.8 Å². The molecule has 0 unspecified atom stereocenters. The summed E-state index contributed by atoms with van der Waals surface area (Å²) in [4.78, 5) is 16.2. The van der Waals surface area contributed by atoms with Crippen molar-refractivity contribution in [3.05, 3.63) is 64.5 Å². The Hall–Kier alpha value is -2.49. The zero-order valence-electron chi connectivity index (χ0n) is 14.6. The van der Waals surface area contributed by atoms with Crippen LogP contribution in [-0.4, -0.2) is 25.6 Å². The summed E-state index contributed by atoms with van der Waals surface area (Å²) in [6.07, 6.45) is 2.35. The van der Waals surface area contributed by atoms with E-state index >= 15 is 0 Å². The van der Waals surface area contributed by atoms with Gasteiger partial charge in [0.15, 0.2) is 0 Å². The van der Waals surface area contributed by atoms with Crippen molar-refractivity contribution in [3.8, 4) is 11.1 Å². The van der Waals surface area contributed by atoms with Gasteiger partial charge in [-0.2, -0.15) is 0 Å². The maximum Gasteiger partial charge on any atom is 0.229 e. The van der Waals surface area contributed by atoms with Gasteiger partial charge in [-0.05, 0) is 53.1 Å². The first-order chi connectivity index (χ1) is 13.2. The third-order valence-corrected chi connectivity index (χ3v) is 5.28. The maximum absolute atomic E-state index is 14.0. The summed E-state index contributed by atoms with van der Waals surface area (Å²) in [5.41, 5.74) is 2.01. The largest absolute Gasteiger partial charge is 0.317 e. The summed E-state index contributed by atoms with van der Waals surface area (Å²) in [7, 11) is -3.50. The number of carbonyl (C=O) groups is 1. The van der Waals surface area contributed by atoms with E-state index in [-0.39, 0.29) is 17.7 Å². The number of nitrogens with zero attached hydrogens (tertiary/aromatic N) is 1. The molecule has 10 heteroatoms. The molecule has 2 N–H and O–H groups in total. The van der Waals surface area contributed by atoms with E-state index in [4.69, 9.17) is 11.6 Å². The molecule has 1 amide bonds. The summed E-state index contributed by atoms with van der Waals surface area (Å²) in [5.74, 6) is -1.01. The van der Waals surface area contributed by atoms with E-state index in [0.717, 1.165) is 23.4 Å². The third-order valence-electron chi connectivity index (χ3n) is 3.62. The average molecular weight is 440 g/mol. The zero-order valence-corrected chi connectivity index (χ0v) is 17.0. The molecule has 1 aromatic carbocycles. The van der Waals surface area contributed by atoms with Crippen LogP contribution in [0.25, 0.3) is 11.1 Å². The van der Waals surface area contributed by atoms with Gasteiger partial charge in [0.05, 0.1) is 17.7 Å². The van der Waals surface area contributed by atoms with Crippen LogP contribution < -0.4 is 10.0 Å². The Morgan fingerprint density at radius 3 is 2.71 bits per heavy atom. The predicted octanol–water partition coefficient (Wildman–Crippen LogP) is 4.16. The topological polar surface area (TPSA) is 88.2 Å². The number of amides is 1. The quantitative estimate of drug-likeness (QED) is 0.564. The van der Waals surface area contributed by atoms with E-state index in [1.807, 2.05) is 5.38 Å². The number of carbonyl (C=O) groups excluding carboxylic acids is 1. The highest BCUT2D eigenvalue weighted by Gasteiger charge is 2.12. The molecule has 0 bridgehead atoms. The highest BCUT2D eigenvalue weighted by molar-refractivity contribution is 7.92. The molecule has 6 nitrogen and oxygen atoms in total. The molecule has 0 radical (unpaired) electrons. The molecule has 0 aliphatic rings. The Morgan fingerprint density at radius 2 is 2.00 bits per heavy atom. The van der Waals surface area contributed by atoms with Crippen molar-refractivity contribution in [3.63, 3.8) is 0 Å². The molecular weight excluding hydrogens is 425 g/mol. The molecule has 0 aliphatic carbocycles. The highest BCUT2D eigenvalue weighted by Crippen LogP contribution is 2.30. The van der Waals surface area contributed by atoms with Gasteiger partial charge in [-0.1, -0.05) is 11.6 Å². The Labute approximate surface area is 170 Å². The van der Waals surface area contributed by atoms with Crippen molar-refractivity contribution in [1.82, 2.24) is 4.98 Å². The SMILES string of the molecule is CS(=O)(=O)Nc1ccc(F)c(CC(=O)Nc2cc(-c3ccnc(Cl)c3)cs2)c1. The van der Waals surface area contributed by atoms with Crippen LogP contribution in [0.2, 0.25) is 5.15 Å². The molecule has 0 saturated carbocycles. The van der Waals surface area contributed by atoms with Crippen LogP contribution >= 0.6 is 22.9 Å². The first-order valence-corrected chi connectivity index (χ1v) is 11.1. The van der Waals surface area contributed by atoms with Gasteiger partial charge in [-0.15, -0.1) is 11.3 Å². The Balaban J connectivity index is 1.70. The lowest BCUT2D eigenvalue weighted by molar-refractivity contribution is -0.115. The molecule has 3 rings (SSSR count). The molecule has 0 spiro atoms. The average Bonchev–Trinajstić information content (AvgIpc) is 3.05. The van der Waals surface area contributed by atoms with Crippen molar-refractivity contribution in [2.45, 2.75) is 6.42 Å². The number of aromatic nitrogens is 1. The van der Waals surface area contributed by atoms with Crippen molar-refractivity contribution >= 4 is 49.6 Å². The standard InChI is InChI=1S/C18H15ClFN3O3S2/c1-28(25,26)23-14-2-3-15(20)12(6-14)8-17(24)22-18-9-13(10-27-18)11-4-5-21-16(19)7-11/h2-7,9-10,23H,8H2,1H3,(H,22,24). The number of hydrogen-bond donors (Lipinski definition) is 2. The van der Waals surface area contributed by atoms with Gasteiger partial charge in [0, 0.05) is 17.3 Å². The molecule has 28 heavy (non-hydrogen) atoms. The second kappa shape index (κ2) is 8.26. The Bertz CT molecular complexity index is 1130. The molecule has 0 aliphatic heterocycles. The molecular formula is C18H15ClFN3O3S2. The smallest absolute Gasteiger partial charge is 0.229 e. The summed E-state index contributed by atoms with van der Waals surface area (Å²) in [6.45, 7) is 0.